The molecule has 152 valence electrons. The summed E-state index contributed by atoms with van der Waals surface area (Å²) in [5.74, 6) is 1.77. The Kier molecular flexibility index (Phi) is 4.22. The van der Waals surface area contributed by atoms with Crippen LogP contribution in [0.25, 0.3) is 0 Å². The number of ether oxygens (including phenoxy) is 1. The summed E-state index contributed by atoms with van der Waals surface area (Å²) in [6.07, 6.45) is 5.00. The average Bonchev–Trinajstić information content (AvgIpc) is 3.21. The second kappa shape index (κ2) is 6.68. The first-order valence-corrected chi connectivity index (χ1v) is 10.3. The molecular formula is C22H25FN4O2. The molecule has 1 spiro atoms. The number of hydrogen-bond acceptors (Lipinski definition) is 5. The molecule has 2 fully saturated rings. The van der Waals surface area contributed by atoms with E-state index in [0.29, 0.717) is 24.5 Å². The van der Waals surface area contributed by atoms with Crippen LogP contribution in [0.4, 0.5) is 21.7 Å². The number of aromatic nitrogens is 2. The molecular weight excluding hydrogens is 371 g/mol. The molecule has 0 unspecified atom stereocenters. The first kappa shape index (κ1) is 18.3. The van der Waals surface area contributed by atoms with Gasteiger partial charge in [0.2, 0.25) is 11.8 Å². The molecule has 7 heteroatoms. The highest BCUT2D eigenvalue weighted by atomic mass is 19.1. The van der Waals surface area contributed by atoms with Gasteiger partial charge in [-0.1, -0.05) is 0 Å². The van der Waals surface area contributed by atoms with Crippen LogP contribution in [0.15, 0.2) is 24.4 Å². The van der Waals surface area contributed by atoms with Crippen LogP contribution in [0.1, 0.15) is 50.2 Å². The van der Waals surface area contributed by atoms with Crippen LogP contribution in [0.3, 0.4) is 0 Å². The van der Waals surface area contributed by atoms with E-state index in [2.05, 4.69) is 15.2 Å². The number of amides is 1. The normalized spacial score (nSPS) is 23.9. The third-order valence-corrected chi connectivity index (χ3v) is 6.18. The highest BCUT2D eigenvalue weighted by molar-refractivity contribution is 5.89. The van der Waals surface area contributed by atoms with Crippen LogP contribution in [-0.2, 0) is 10.2 Å². The van der Waals surface area contributed by atoms with Crippen LogP contribution < -0.4 is 15.0 Å². The van der Waals surface area contributed by atoms with Gasteiger partial charge in [-0.3, -0.25) is 4.79 Å². The summed E-state index contributed by atoms with van der Waals surface area (Å²) in [5, 5.41) is 2.77. The van der Waals surface area contributed by atoms with E-state index in [1.54, 1.807) is 0 Å². The highest BCUT2D eigenvalue weighted by Crippen LogP contribution is 2.58. The van der Waals surface area contributed by atoms with Crippen molar-refractivity contribution in [2.75, 3.05) is 16.8 Å². The van der Waals surface area contributed by atoms with Gasteiger partial charge in [0, 0.05) is 49.2 Å². The number of halogens is 1. The molecule has 1 amide bonds. The number of pyridine rings is 2. The van der Waals surface area contributed by atoms with Crippen LogP contribution in [0, 0.1) is 6.92 Å². The zero-order valence-electron chi connectivity index (χ0n) is 16.7. The molecule has 0 aromatic carbocycles. The molecule has 2 aliphatic carbocycles. The molecule has 1 N–H and O–H groups in total. The number of carbonyl (C=O) groups excluding carboxylic acids is 1. The SMILES string of the molecule is CC(=O)Nc1cc2c(cn1)C1(CC1)CN2c1cc(C)cc(O[C@@H]2CC[C@H](F)C2)n1. The van der Waals surface area contributed by atoms with E-state index in [0.717, 1.165) is 42.9 Å². The van der Waals surface area contributed by atoms with Crippen LogP contribution >= 0.6 is 0 Å². The predicted octanol–water partition coefficient (Wildman–Crippen LogP) is 4.20. The average molecular weight is 396 g/mol. The standard InChI is InChI=1S/C22H25FN4O2/c1-13-7-20(26-21(8-13)29-16-4-3-15(23)9-16)27-12-22(5-6-22)17-11-24-19(10-18(17)27)25-14(2)28/h7-8,10-11,15-16H,3-6,9,12H2,1-2H3,(H,24,25,28)/t15-,16+/m0/s1. The third-order valence-electron chi connectivity index (χ3n) is 6.18. The second-order valence-corrected chi connectivity index (χ2v) is 8.63. The zero-order chi connectivity index (χ0) is 20.2. The number of anilines is 3. The van der Waals surface area contributed by atoms with Crippen molar-refractivity contribution in [3.8, 4) is 5.88 Å². The molecule has 2 aromatic rings. The molecule has 29 heavy (non-hydrogen) atoms. The molecule has 2 atom stereocenters. The van der Waals surface area contributed by atoms with E-state index in [9.17, 15) is 9.18 Å². The van der Waals surface area contributed by atoms with Crippen molar-refractivity contribution in [2.24, 2.45) is 0 Å². The number of fused-ring (bicyclic) bond motifs is 2. The number of rotatable bonds is 4. The van der Waals surface area contributed by atoms with Crippen molar-refractivity contribution >= 4 is 23.2 Å². The van der Waals surface area contributed by atoms with Crippen molar-refractivity contribution in [1.29, 1.82) is 0 Å². The molecule has 3 aliphatic rings. The first-order chi connectivity index (χ1) is 13.9. The van der Waals surface area contributed by atoms with Gasteiger partial charge in [0.25, 0.3) is 0 Å². The smallest absolute Gasteiger partial charge is 0.222 e. The minimum atomic E-state index is -0.774. The molecule has 2 saturated carbocycles. The molecule has 3 heterocycles. The quantitative estimate of drug-likeness (QED) is 0.839. The second-order valence-electron chi connectivity index (χ2n) is 8.63. The Balaban J connectivity index is 1.48. The van der Waals surface area contributed by atoms with Gasteiger partial charge in [-0.25, -0.2) is 9.37 Å². The number of carbonyl (C=O) groups is 1. The van der Waals surface area contributed by atoms with E-state index < -0.39 is 6.17 Å². The summed E-state index contributed by atoms with van der Waals surface area (Å²) in [6, 6.07) is 5.89. The van der Waals surface area contributed by atoms with Crippen molar-refractivity contribution in [2.45, 2.75) is 63.6 Å². The molecule has 0 saturated heterocycles. The van der Waals surface area contributed by atoms with Gasteiger partial charge in [0.15, 0.2) is 0 Å². The highest BCUT2D eigenvalue weighted by Gasteiger charge is 2.52. The minimum Gasteiger partial charge on any atom is -0.474 e. The monoisotopic (exact) mass is 396 g/mol. The van der Waals surface area contributed by atoms with Gasteiger partial charge in [-0.05, 0) is 44.2 Å². The Morgan fingerprint density at radius 3 is 2.83 bits per heavy atom. The minimum absolute atomic E-state index is 0.108. The summed E-state index contributed by atoms with van der Waals surface area (Å²) >= 11 is 0. The van der Waals surface area contributed by atoms with Gasteiger partial charge in [-0.2, -0.15) is 4.98 Å². The van der Waals surface area contributed by atoms with Crippen molar-refractivity contribution in [3.63, 3.8) is 0 Å². The van der Waals surface area contributed by atoms with Crippen LogP contribution in [-0.4, -0.2) is 34.7 Å². The van der Waals surface area contributed by atoms with Crippen LogP contribution in [0.5, 0.6) is 5.88 Å². The number of alkyl halides is 1. The van der Waals surface area contributed by atoms with E-state index in [4.69, 9.17) is 9.72 Å². The molecule has 1 aliphatic heterocycles. The van der Waals surface area contributed by atoms with E-state index in [1.807, 2.05) is 31.3 Å². The Labute approximate surface area is 169 Å². The molecule has 2 aromatic heterocycles. The summed E-state index contributed by atoms with van der Waals surface area (Å²) in [7, 11) is 0. The fourth-order valence-corrected chi connectivity index (χ4v) is 4.56. The van der Waals surface area contributed by atoms with Gasteiger partial charge in [0.1, 0.15) is 23.9 Å². The van der Waals surface area contributed by atoms with Gasteiger partial charge in [-0.15, -0.1) is 0 Å². The summed E-state index contributed by atoms with van der Waals surface area (Å²) in [6.45, 7) is 4.34. The van der Waals surface area contributed by atoms with E-state index in [-0.39, 0.29) is 17.4 Å². The molecule has 0 bridgehead atoms. The lowest BCUT2D eigenvalue weighted by Crippen LogP contribution is -2.21. The maximum atomic E-state index is 13.5. The topological polar surface area (TPSA) is 67.4 Å². The van der Waals surface area contributed by atoms with Gasteiger partial charge < -0.3 is 15.0 Å². The van der Waals surface area contributed by atoms with Gasteiger partial charge in [0.05, 0.1) is 5.69 Å². The molecule has 0 radical (unpaired) electrons. The maximum Gasteiger partial charge on any atom is 0.222 e. The Hall–Kier alpha value is -2.70. The van der Waals surface area contributed by atoms with Gasteiger partial charge >= 0.3 is 0 Å². The van der Waals surface area contributed by atoms with Crippen molar-refractivity contribution in [3.05, 3.63) is 35.5 Å². The molecule has 5 rings (SSSR count). The lowest BCUT2D eigenvalue weighted by atomic mass is 10.0. The van der Waals surface area contributed by atoms with E-state index in [1.165, 1.54) is 12.5 Å². The summed E-state index contributed by atoms with van der Waals surface area (Å²) < 4.78 is 19.5. The number of nitrogens with zero attached hydrogens (tertiary/aromatic N) is 3. The third kappa shape index (κ3) is 3.43. The molecule has 6 nitrogen and oxygen atoms in total. The Morgan fingerprint density at radius 2 is 2.14 bits per heavy atom. The van der Waals surface area contributed by atoms with Crippen molar-refractivity contribution in [1.82, 2.24) is 9.97 Å². The lowest BCUT2D eigenvalue weighted by molar-refractivity contribution is -0.114. The van der Waals surface area contributed by atoms with Crippen molar-refractivity contribution < 1.29 is 13.9 Å². The predicted molar refractivity (Wildman–Crippen MR) is 109 cm³/mol. The Bertz CT molecular complexity index is 975. The maximum absolute atomic E-state index is 13.5. The summed E-state index contributed by atoms with van der Waals surface area (Å²) in [5.41, 5.74) is 3.44. The number of nitrogens with one attached hydrogen (secondary N) is 1. The van der Waals surface area contributed by atoms with E-state index >= 15 is 0 Å². The number of hydrogen-bond donors (Lipinski definition) is 1. The number of aryl methyl sites for hydroxylation is 1. The van der Waals surface area contributed by atoms with Crippen LogP contribution in [0.2, 0.25) is 0 Å². The lowest BCUT2D eigenvalue weighted by Gasteiger charge is -2.21. The fourth-order valence-electron chi connectivity index (χ4n) is 4.56. The fraction of sp³-hybridized carbons (Fsp3) is 0.500. The summed E-state index contributed by atoms with van der Waals surface area (Å²) in [4.78, 5) is 22.8. The largest absolute Gasteiger partial charge is 0.474 e. The first-order valence-electron chi connectivity index (χ1n) is 10.3. The Morgan fingerprint density at radius 1 is 1.31 bits per heavy atom. The zero-order valence-corrected chi connectivity index (χ0v) is 16.7.